The molecule has 1 aliphatic carbocycles. The molecule has 1 aliphatic rings. The van der Waals surface area contributed by atoms with Crippen molar-refractivity contribution in [3.8, 4) is 0 Å². The lowest BCUT2D eigenvalue weighted by Gasteiger charge is -2.33. The smallest absolute Gasteiger partial charge is 0.251 e. The van der Waals surface area contributed by atoms with Crippen molar-refractivity contribution in [2.75, 3.05) is 24.3 Å². The van der Waals surface area contributed by atoms with E-state index in [2.05, 4.69) is 20.5 Å². The van der Waals surface area contributed by atoms with E-state index in [1.54, 1.807) is 0 Å². The number of rotatable bonds is 5. The quantitative estimate of drug-likeness (QED) is 0.775. The van der Waals surface area contributed by atoms with Gasteiger partial charge in [0.2, 0.25) is 0 Å². The summed E-state index contributed by atoms with van der Waals surface area (Å²) in [6, 6.07) is 6.11. The van der Waals surface area contributed by atoms with Crippen LogP contribution < -0.4 is 15.5 Å². The van der Waals surface area contributed by atoms with Crippen LogP contribution in [-0.4, -0.2) is 37.1 Å². The first kappa shape index (κ1) is 20.4. The first-order valence-electron chi connectivity index (χ1n) is 9.51. The van der Waals surface area contributed by atoms with Gasteiger partial charge in [-0.1, -0.05) is 24.4 Å². The zero-order valence-corrected chi connectivity index (χ0v) is 17.2. The SMILES string of the molecule is Cc1cnc(NC2CCCCC2NC(=O)c2ccc(F)c(Cl)c2)cc1N(C)C. The highest BCUT2D eigenvalue weighted by atomic mass is 35.5. The minimum atomic E-state index is -0.530. The summed E-state index contributed by atoms with van der Waals surface area (Å²) in [7, 11) is 4.01. The number of benzene rings is 1. The molecule has 3 rings (SSSR count). The summed E-state index contributed by atoms with van der Waals surface area (Å²) < 4.78 is 13.4. The van der Waals surface area contributed by atoms with E-state index >= 15 is 0 Å². The highest BCUT2D eigenvalue weighted by Crippen LogP contribution is 2.25. The molecule has 0 radical (unpaired) electrons. The van der Waals surface area contributed by atoms with Gasteiger partial charge in [-0.25, -0.2) is 9.37 Å². The third-order valence-electron chi connectivity index (χ3n) is 5.15. The molecule has 1 saturated carbocycles. The summed E-state index contributed by atoms with van der Waals surface area (Å²) in [5.41, 5.74) is 2.58. The van der Waals surface area contributed by atoms with Crippen LogP contribution >= 0.6 is 11.6 Å². The van der Waals surface area contributed by atoms with E-state index in [0.717, 1.165) is 42.8 Å². The Bertz CT molecular complexity index is 858. The lowest BCUT2D eigenvalue weighted by molar-refractivity contribution is 0.0923. The van der Waals surface area contributed by atoms with Crippen LogP contribution in [0.4, 0.5) is 15.9 Å². The molecule has 2 atom stereocenters. The summed E-state index contributed by atoms with van der Waals surface area (Å²) in [4.78, 5) is 19.2. The molecule has 0 spiro atoms. The first-order valence-corrected chi connectivity index (χ1v) is 9.89. The van der Waals surface area contributed by atoms with Crippen molar-refractivity contribution in [1.29, 1.82) is 0 Å². The van der Waals surface area contributed by atoms with Crippen LogP contribution in [0.25, 0.3) is 0 Å². The van der Waals surface area contributed by atoms with Crippen LogP contribution in [0.1, 0.15) is 41.6 Å². The molecule has 7 heteroatoms. The molecule has 1 aromatic carbocycles. The Balaban J connectivity index is 1.72. The van der Waals surface area contributed by atoms with Crippen molar-refractivity contribution >= 4 is 29.0 Å². The maximum atomic E-state index is 13.4. The van der Waals surface area contributed by atoms with Gasteiger partial charge in [-0.05, 0) is 43.5 Å². The zero-order chi connectivity index (χ0) is 20.3. The minimum Gasteiger partial charge on any atom is -0.377 e. The van der Waals surface area contributed by atoms with E-state index in [1.807, 2.05) is 33.3 Å². The van der Waals surface area contributed by atoms with Crippen molar-refractivity contribution in [3.05, 3.63) is 52.4 Å². The second-order valence-electron chi connectivity index (χ2n) is 7.49. The summed E-state index contributed by atoms with van der Waals surface area (Å²) in [5, 5.41) is 6.52. The Morgan fingerprint density at radius 3 is 2.61 bits per heavy atom. The van der Waals surface area contributed by atoms with Gasteiger partial charge in [-0.2, -0.15) is 0 Å². The van der Waals surface area contributed by atoms with Crippen LogP contribution in [-0.2, 0) is 0 Å². The molecule has 150 valence electrons. The third-order valence-corrected chi connectivity index (χ3v) is 5.44. The summed E-state index contributed by atoms with van der Waals surface area (Å²) in [6.45, 7) is 2.03. The average Bonchev–Trinajstić information content (AvgIpc) is 2.66. The highest BCUT2D eigenvalue weighted by Gasteiger charge is 2.27. The monoisotopic (exact) mass is 404 g/mol. The molecular weight excluding hydrogens is 379 g/mol. The van der Waals surface area contributed by atoms with E-state index in [4.69, 9.17) is 11.6 Å². The number of pyridine rings is 1. The van der Waals surface area contributed by atoms with Gasteiger partial charge >= 0.3 is 0 Å². The van der Waals surface area contributed by atoms with Crippen LogP contribution in [0.2, 0.25) is 5.02 Å². The number of hydrogen-bond donors (Lipinski definition) is 2. The topological polar surface area (TPSA) is 57.3 Å². The van der Waals surface area contributed by atoms with Crippen LogP contribution in [0.3, 0.4) is 0 Å². The second kappa shape index (κ2) is 8.78. The molecule has 0 bridgehead atoms. The minimum absolute atomic E-state index is 0.0315. The predicted molar refractivity (Wildman–Crippen MR) is 112 cm³/mol. The van der Waals surface area contributed by atoms with Gasteiger partial charge in [0.1, 0.15) is 11.6 Å². The van der Waals surface area contributed by atoms with Crippen LogP contribution in [0.5, 0.6) is 0 Å². The van der Waals surface area contributed by atoms with E-state index in [9.17, 15) is 9.18 Å². The van der Waals surface area contributed by atoms with Crippen LogP contribution in [0.15, 0.2) is 30.5 Å². The number of carbonyl (C=O) groups excluding carboxylic acids is 1. The lowest BCUT2D eigenvalue weighted by atomic mass is 9.90. The Morgan fingerprint density at radius 1 is 1.21 bits per heavy atom. The fourth-order valence-electron chi connectivity index (χ4n) is 3.63. The number of nitrogens with zero attached hydrogens (tertiary/aromatic N) is 2. The number of amides is 1. The third kappa shape index (κ3) is 4.73. The Morgan fingerprint density at radius 2 is 1.93 bits per heavy atom. The Kier molecular flexibility index (Phi) is 6.39. The van der Waals surface area contributed by atoms with Crippen molar-refractivity contribution < 1.29 is 9.18 Å². The molecule has 1 fully saturated rings. The summed E-state index contributed by atoms with van der Waals surface area (Å²) >= 11 is 5.81. The van der Waals surface area contributed by atoms with E-state index in [1.165, 1.54) is 18.2 Å². The van der Waals surface area contributed by atoms with E-state index in [-0.39, 0.29) is 23.0 Å². The average molecular weight is 405 g/mol. The van der Waals surface area contributed by atoms with Gasteiger partial charge in [-0.3, -0.25) is 4.79 Å². The van der Waals surface area contributed by atoms with E-state index in [0.29, 0.717) is 5.56 Å². The number of aryl methyl sites for hydroxylation is 1. The maximum absolute atomic E-state index is 13.4. The molecule has 0 saturated heterocycles. The number of carbonyl (C=O) groups is 1. The lowest BCUT2D eigenvalue weighted by Crippen LogP contribution is -2.48. The highest BCUT2D eigenvalue weighted by molar-refractivity contribution is 6.31. The Hall–Kier alpha value is -2.34. The fourth-order valence-corrected chi connectivity index (χ4v) is 3.81. The molecule has 2 aromatic rings. The van der Waals surface area contributed by atoms with Crippen molar-refractivity contribution in [2.24, 2.45) is 0 Å². The van der Waals surface area contributed by atoms with Gasteiger partial charge in [0, 0.05) is 49.7 Å². The van der Waals surface area contributed by atoms with Gasteiger partial charge in [0.25, 0.3) is 5.91 Å². The molecular formula is C21H26ClFN4O. The summed E-state index contributed by atoms with van der Waals surface area (Å²) in [6.07, 6.45) is 5.83. The molecule has 0 aliphatic heterocycles. The summed E-state index contributed by atoms with van der Waals surface area (Å²) in [5.74, 6) is 0.0225. The largest absolute Gasteiger partial charge is 0.377 e. The molecule has 1 amide bonds. The number of hydrogen-bond acceptors (Lipinski definition) is 4. The maximum Gasteiger partial charge on any atom is 0.251 e. The molecule has 2 unspecified atom stereocenters. The first-order chi connectivity index (χ1) is 13.3. The number of anilines is 2. The Labute approximate surface area is 170 Å². The molecule has 1 aromatic heterocycles. The number of nitrogens with one attached hydrogen (secondary N) is 2. The number of halogens is 2. The zero-order valence-electron chi connectivity index (χ0n) is 16.4. The molecule has 5 nitrogen and oxygen atoms in total. The number of aromatic nitrogens is 1. The standard InChI is InChI=1S/C21H26ClFN4O/c1-13-12-24-20(11-19(13)27(2)3)25-17-6-4-5-7-18(17)26-21(28)14-8-9-16(23)15(22)10-14/h8-12,17-18H,4-7H2,1-3H3,(H,24,25)(H,26,28). The van der Waals surface area contributed by atoms with E-state index < -0.39 is 5.82 Å². The second-order valence-corrected chi connectivity index (χ2v) is 7.90. The predicted octanol–water partition coefficient (Wildman–Crippen LogP) is 4.40. The van der Waals surface area contributed by atoms with Gasteiger partial charge in [0.05, 0.1) is 5.02 Å². The van der Waals surface area contributed by atoms with Crippen LogP contribution in [0, 0.1) is 12.7 Å². The van der Waals surface area contributed by atoms with Crippen molar-refractivity contribution in [3.63, 3.8) is 0 Å². The van der Waals surface area contributed by atoms with Gasteiger partial charge in [-0.15, -0.1) is 0 Å². The molecule has 2 N–H and O–H groups in total. The van der Waals surface area contributed by atoms with Gasteiger partial charge in [0.15, 0.2) is 0 Å². The normalized spacial score (nSPS) is 19.2. The van der Waals surface area contributed by atoms with Crippen molar-refractivity contribution in [2.45, 2.75) is 44.7 Å². The fraction of sp³-hybridized carbons (Fsp3) is 0.429. The van der Waals surface area contributed by atoms with Gasteiger partial charge < -0.3 is 15.5 Å². The molecule has 28 heavy (non-hydrogen) atoms. The molecule has 1 heterocycles. The van der Waals surface area contributed by atoms with Crippen molar-refractivity contribution in [1.82, 2.24) is 10.3 Å².